The lowest BCUT2D eigenvalue weighted by Crippen LogP contribution is -1.98. The highest BCUT2D eigenvalue weighted by Crippen LogP contribution is 2.09. The lowest BCUT2D eigenvalue weighted by atomic mass is 10.1. The first-order chi connectivity index (χ1) is 10.5. The number of carboxylic acids is 2. The summed E-state index contributed by atoms with van der Waals surface area (Å²) in [5, 5.41) is 17.2. The van der Waals surface area contributed by atoms with Gasteiger partial charge in [0.1, 0.15) is 0 Å². The summed E-state index contributed by atoms with van der Waals surface area (Å²) >= 11 is 0. The van der Waals surface area contributed by atoms with E-state index in [0.717, 1.165) is 5.56 Å². The van der Waals surface area contributed by atoms with Crippen LogP contribution in [0, 0.1) is 0 Å². The summed E-state index contributed by atoms with van der Waals surface area (Å²) in [6, 6.07) is 13.3. The van der Waals surface area contributed by atoms with E-state index in [2.05, 4.69) is 13.2 Å². The van der Waals surface area contributed by atoms with E-state index < -0.39 is 11.9 Å². The lowest BCUT2D eigenvalue weighted by molar-refractivity contribution is 0.0686. The summed E-state index contributed by atoms with van der Waals surface area (Å²) in [4.78, 5) is 20.9. The first kappa shape index (κ1) is 16.9. The van der Waals surface area contributed by atoms with Crippen LogP contribution in [0.25, 0.3) is 12.2 Å². The summed E-state index contributed by atoms with van der Waals surface area (Å²) < 4.78 is 0. The fraction of sp³-hybridized carbons (Fsp3) is 0. The Morgan fingerprint density at radius 2 is 1.41 bits per heavy atom. The van der Waals surface area contributed by atoms with Gasteiger partial charge >= 0.3 is 11.9 Å². The molecule has 0 spiro atoms. The van der Waals surface area contributed by atoms with E-state index in [1.165, 1.54) is 6.08 Å². The zero-order chi connectivity index (χ0) is 16.5. The smallest absolute Gasteiger partial charge is 0.336 e. The van der Waals surface area contributed by atoms with E-state index >= 15 is 0 Å². The number of hydrogen-bond acceptors (Lipinski definition) is 2. The molecule has 2 rings (SSSR count). The molecule has 2 N–H and O–H groups in total. The third-order valence-electron chi connectivity index (χ3n) is 2.80. The molecule has 0 fully saturated rings. The fourth-order valence-corrected chi connectivity index (χ4v) is 1.63. The van der Waals surface area contributed by atoms with E-state index in [0.29, 0.717) is 16.7 Å². The van der Waals surface area contributed by atoms with Crippen molar-refractivity contribution in [3.05, 3.63) is 83.9 Å². The minimum absolute atomic E-state index is 0.294. The summed E-state index contributed by atoms with van der Waals surface area (Å²) in [7, 11) is 0. The Morgan fingerprint density at radius 1 is 0.818 bits per heavy atom. The molecule has 0 aliphatic rings. The Bertz CT molecular complexity index is 684. The van der Waals surface area contributed by atoms with Crippen molar-refractivity contribution in [1.29, 1.82) is 0 Å². The first-order valence-corrected chi connectivity index (χ1v) is 6.40. The maximum absolute atomic E-state index is 10.5. The van der Waals surface area contributed by atoms with Gasteiger partial charge in [-0.25, -0.2) is 9.59 Å². The van der Waals surface area contributed by atoms with Crippen molar-refractivity contribution in [3.8, 4) is 0 Å². The van der Waals surface area contributed by atoms with Crippen molar-refractivity contribution < 1.29 is 19.8 Å². The van der Waals surface area contributed by atoms with Gasteiger partial charge in [0.05, 0.1) is 11.1 Å². The second kappa shape index (κ2) is 8.21. The van der Waals surface area contributed by atoms with E-state index in [9.17, 15) is 9.59 Å². The molecule has 0 saturated heterocycles. The van der Waals surface area contributed by atoms with Crippen LogP contribution in [0.4, 0.5) is 0 Å². The summed E-state index contributed by atoms with van der Waals surface area (Å²) in [5.74, 6) is -1.82. The fourth-order valence-electron chi connectivity index (χ4n) is 1.63. The average molecular weight is 296 g/mol. The minimum Gasteiger partial charge on any atom is -0.478 e. The van der Waals surface area contributed by atoms with Gasteiger partial charge in [-0.2, -0.15) is 0 Å². The van der Waals surface area contributed by atoms with Crippen molar-refractivity contribution in [2.75, 3.05) is 0 Å². The molecule has 0 atom stereocenters. The number of hydrogen-bond donors (Lipinski definition) is 2. The maximum Gasteiger partial charge on any atom is 0.336 e. The van der Waals surface area contributed by atoms with Crippen LogP contribution >= 0.6 is 0 Å². The standard InChI is InChI=1S/2C9H8O2/c1-2-7-3-5-8(6-4-7)9(10)11;1-2-7-5-3-4-6-8(7)9(10)11/h2*2-6H,1H2,(H,10,11). The lowest BCUT2D eigenvalue weighted by Gasteiger charge is -1.97. The average Bonchev–Trinajstić information content (AvgIpc) is 2.55. The van der Waals surface area contributed by atoms with Gasteiger partial charge in [0, 0.05) is 0 Å². The molecule has 0 radical (unpaired) electrons. The highest BCUT2D eigenvalue weighted by atomic mass is 16.4. The third kappa shape index (κ3) is 4.76. The van der Waals surface area contributed by atoms with Gasteiger partial charge in [0.2, 0.25) is 0 Å². The number of carbonyl (C=O) groups is 2. The van der Waals surface area contributed by atoms with Crippen LogP contribution < -0.4 is 0 Å². The quantitative estimate of drug-likeness (QED) is 0.892. The van der Waals surface area contributed by atoms with Gasteiger partial charge in [-0.15, -0.1) is 0 Å². The summed E-state index contributed by atoms with van der Waals surface area (Å²) in [6.07, 6.45) is 3.20. The Hall–Kier alpha value is -3.14. The molecule has 0 aliphatic heterocycles. The normalized spacial score (nSPS) is 9.09. The molecule has 0 bridgehead atoms. The van der Waals surface area contributed by atoms with Crippen LogP contribution in [-0.2, 0) is 0 Å². The predicted molar refractivity (Wildman–Crippen MR) is 87.0 cm³/mol. The molecule has 0 aromatic heterocycles. The van der Waals surface area contributed by atoms with E-state index in [-0.39, 0.29) is 0 Å². The third-order valence-corrected chi connectivity index (χ3v) is 2.80. The maximum atomic E-state index is 10.5. The van der Waals surface area contributed by atoms with Gasteiger partial charge < -0.3 is 10.2 Å². The molecule has 112 valence electrons. The van der Waals surface area contributed by atoms with Crippen molar-refractivity contribution in [3.63, 3.8) is 0 Å². The van der Waals surface area contributed by atoms with E-state index in [4.69, 9.17) is 10.2 Å². The van der Waals surface area contributed by atoms with Crippen LogP contribution in [-0.4, -0.2) is 22.2 Å². The molecular formula is C18H16O4. The van der Waals surface area contributed by atoms with E-state index in [1.54, 1.807) is 54.6 Å². The molecule has 0 amide bonds. The molecule has 4 heteroatoms. The molecule has 2 aromatic carbocycles. The second-order valence-electron chi connectivity index (χ2n) is 4.23. The zero-order valence-electron chi connectivity index (χ0n) is 11.9. The van der Waals surface area contributed by atoms with Crippen molar-refractivity contribution >= 4 is 24.1 Å². The minimum atomic E-state index is -0.916. The number of rotatable bonds is 4. The topological polar surface area (TPSA) is 74.6 Å². The predicted octanol–water partition coefficient (Wildman–Crippen LogP) is 4.06. The van der Waals surface area contributed by atoms with Crippen LogP contribution in [0.15, 0.2) is 61.7 Å². The molecule has 0 saturated carbocycles. The molecular weight excluding hydrogens is 280 g/mol. The summed E-state index contributed by atoms with van der Waals surface area (Å²) in [6.45, 7) is 7.07. The number of benzene rings is 2. The van der Waals surface area contributed by atoms with Crippen LogP contribution in [0.3, 0.4) is 0 Å². The molecule has 0 heterocycles. The second-order valence-corrected chi connectivity index (χ2v) is 4.23. The Balaban J connectivity index is 0.000000220. The van der Waals surface area contributed by atoms with Gasteiger partial charge in [-0.1, -0.05) is 55.6 Å². The highest BCUT2D eigenvalue weighted by molar-refractivity contribution is 5.91. The molecule has 0 unspecified atom stereocenters. The highest BCUT2D eigenvalue weighted by Gasteiger charge is 2.04. The van der Waals surface area contributed by atoms with Crippen LogP contribution in [0.1, 0.15) is 31.8 Å². The van der Waals surface area contributed by atoms with Gasteiger partial charge in [0.25, 0.3) is 0 Å². The molecule has 0 aliphatic carbocycles. The molecule has 2 aromatic rings. The Labute approximate surface area is 128 Å². The van der Waals surface area contributed by atoms with Crippen molar-refractivity contribution in [1.82, 2.24) is 0 Å². The van der Waals surface area contributed by atoms with Gasteiger partial charge in [0.15, 0.2) is 0 Å². The first-order valence-electron chi connectivity index (χ1n) is 6.40. The van der Waals surface area contributed by atoms with Crippen molar-refractivity contribution in [2.45, 2.75) is 0 Å². The molecule has 22 heavy (non-hydrogen) atoms. The monoisotopic (exact) mass is 296 g/mol. The van der Waals surface area contributed by atoms with Crippen molar-refractivity contribution in [2.24, 2.45) is 0 Å². The van der Waals surface area contributed by atoms with Crippen LogP contribution in [0.2, 0.25) is 0 Å². The Kier molecular flexibility index (Phi) is 6.32. The number of carboxylic acid groups (broad SMARTS) is 2. The largest absolute Gasteiger partial charge is 0.478 e. The van der Waals surface area contributed by atoms with Gasteiger partial charge in [-0.05, 0) is 29.3 Å². The number of aromatic carboxylic acids is 2. The van der Waals surface area contributed by atoms with E-state index in [1.807, 2.05) is 0 Å². The SMILES string of the molecule is C=Cc1ccc(C(=O)O)cc1.C=Cc1ccccc1C(=O)O. The van der Waals surface area contributed by atoms with Crippen LogP contribution in [0.5, 0.6) is 0 Å². The zero-order valence-corrected chi connectivity index (χ0v) is 11.9. The van der Waals surface area contributed by atoms with Gasteiger partial charge in [-0.3, -0.25) is 0 Å². The Morgan fingerprint density at radius 3 is 1.82 bits per heavy atom. The molecule has 4 nitrogen and oxygen atoms in total. The summed E-state index contributed by atoms with van der Waals surface area (Å²) in [5.41, 5.74) is 2.17.